The number of nitrogens with one attached hydrogen (secondary N) is 4. The number of carbonyl (C=O) groups excluding carboxylic acids is 4. The minimum absolute atomic E-state index is 0.247. The van der Waals surface area contributed by atoms with Crippen LogP contribution in [0.1, 0.15) is 13.3 Å². The molecule has 0 radical (unpaired) electrons. The number of carbonyl (C=O) groups is 5. The highest BCUT2D eigenvalue weighted by Crippen LogP contribution is 2.00. The quantitative estimate of drug-likeness (QED) is 0.157. The highest BCUT2D eigenvalue weighted by Gasteiger charge is 2.20. The molecule has 160 valence electrons. The van der Waals surface area contributed by atoms with E-state index in [9.17, 15) is 24.0 Å². The van der Waals surface area contributed by atoms with Crippen LogP contribution in [-0.4, -0.2) is 89.6 Å². The Labute approximate surface area is 166 Å². The van der Waals surface area contributed by atoms with Gasteiger partial charge in [-0.3, -0.25) is 19.2 Å². The van der Waals surface area contributed by atoms with Gasteiger partial charge in [0.2, 0.25) is 23.6 Å². The van der Waals surface area contributed by atoms with E-state index in [-0.39, 0.29) is 6.42 Å². The van der Waals surface area contributed by atoms with Crippen LogP contribution in [0.25, 0.3) is 0 Å². The first-order valence-electron chi connectivity index (χ1n) is 8.34. The largest absolute Gasteiger partial charge is 0.480 e. The number of carboxylic acids is 1. The van der Waals surface area contributed by atoms with Crippen LogP contribution in [0.3, 0.4) is 0 Å². The zero-order valence-electron chi connectivity index (χ0n) is 15.7. The first-order valence-corrected chi connectivity index (χ1v) is 9.73. The van der Waals surface area contributed by atoms with Crippen molar-refractivity contribution in [2.45, 2.75) is 31.5 Å². The average Bonchev–Trinajstić information content (AvgIpc) is 2.64. The third-order valence-corrected chi connectivity index (χ3v) is 4.03. The molecular weight excluding hydrogens is 394 g/mol. The van der Waals surface area contributed by atoms with Crippen molar-refractivity contribution in [3.05, 3.63) is 0 Å². The molecule has 0 spiro atoms. The van der Waals surface area contributed by atoms with Gasteiger partial charge in [0.1, 0.15) is 12.1 Å². The number of nitrogens with two attached hydrogens (primary N) is 1. The summed E-state index contributed by atoms with van der Waals surface area (Å²) in [6.07, 6.45) is 0.972. The highest BCUT2D eigenvalue weighted by molar-refractivity contribution is 7.98. The summed E-state index contributed by atoms with van der Waals surface area (Å²) in [5.74, 6) is -3.36. The molecular formula is C15H27N5O7S. The summed E-state index contributed by atoms with van der Waals surface area (Å²) in [7, 11) is 0. The molecule has 0 aliphatic carbocycles. The second-order valence-corrected chi connectivity index (χ2v) is 6.76. The van der Waals surface area contributed by atoms with Gasteiger partial charge in [-0.25, -0.2) is 4.79 Å². The Hall–Kier alpha value is -2.38. The third-order valence-electron chi connectivity index (χ3n) is 3.38. The second kappa shape index (κ2) is 13.7. The maximum atomic E-state index is 11.7. The lowest BCUT2D eigenvalue weighted by molar-refractivity contribution is -0.141. The molecule has 28 heavy (non-hydrogen) atoms. The average molecular weight is 421 g/mol. The van der Waals surface area contributed by atoms with Crippen LogP contribution >= 0.6 is 11.8 Å². The molecule has 0 bridgehead atoms. The van der Waals surface area contributed by atoms with Crippen molar-refractivity contribution in [3.63, 3.8) is 0 Å². The smallest absolute Gasteiger partial charge is 0.326 e. The minimum Gasteiger partial charge on any atom is -0.480 e. The summed E-state index contributed by atoms with van der Waals surface area (Å²) in [5.41, 5.74) is 5.38. The summed E-state index contributed by atoms with van der Waals surface area (Å²) < 4.78 is 0. The van der Waals surface area contributed by atoms with Gasteiger partial charge in [-0.2, -0.15) is 11.8 Å². The summed E-state index contributed by atoms with van der Waals surface area (Å²) in [5, 5.41) is 27.1. The molecule has 0 aromatic rings. The van der Waals surface area contributed by atoms with E-state index in [0.717, 1.165) is 0 Å². The predicted octanol–water partition coefficient (Wildman–Crippen LogP) is -3.63. The van der Waals surface area contributed by atoms with Crippen molar-refractivity contribution in [2.75, 3.05) is 31.6 Å². The van der Waals surface area contributed by atoms with Gasteiger partial charge in [-0.05, 0) is 25.4 Å². The lowest BCUT2D eigenvalue weighted by Crippen LogP contribution is -2.50. The number of hydrogen-bond donors (Lipinski definition) is 7. The number of hydrogen-bond acceptors (Lipinski definition) is 8. The van der Waals surface area contributed by atoms with E-state index in [2.05, 4.69) is 21.3 Å². The Balaban J connectivity index is 4.11. The van der Waals surface area contributed by atoms with Gasteiger partial charge in [0, 0.05) is 0 Å². The number of aliphatic hydroxyl groups is 1. The fourth-order valence-electron chi connectivity index (χ4n) is 1.73. The Morgan fingerprint density at radius 3 is 1.93 bits per heavy atom. The highest BCUT2D eigenvalue weighted by atomic mass is 32.2. The fourth-order valence-corrected chi connectivity index (χ4v) is 2.20. The maximum absolute atomic E-state index is 11.7. The van der Waals surface area contributed by atoms with E-state index >= 15 is 0 Å². The van der Waals surface area contributed by atoms with Crippen LogP contribution in [0.2, 0.25) is 0 Å². The fraction of sp³-hybridized carbons (Fsp3) is 0.667. The monoisotopic (exact) mass is 421 g/mol. The molecule has 0 aromatic carbocycles. The molecule has 13 heteroatoms. The van der Waals surface area contributed by atoms with Crippen LogP contribution in [0.15, 0.2) is 0 Å². The van der Waals surface area contributed by atoms with Crippen molar-refractivity contribution in [1.82, 2.24) is 21.3 Å². The van der Waals surface area contributed by atoms with Gasteiger partial charge in [0.05, 0.1) is 25.7 Å². The van der Waals surface area contributed by atoms with Gasteiger partial charge >= 0.3 is 5.97 Å². The van der Waals surface area contributed by atoms with Crippen LogP contribution in [0.5, 0.6) is 0 Å². The van der Waals surface area contributed by atoms with Crippen LogP contribution < -0.4 is 27.0 Å². The summed E-state index contributed by atoms with van der Waals surface area (Å²) >= 11 is 1.44. The van der Waals surface area contributed by atoms with E-state index in [0.29, 0.717) is 5.75 Å². The van der Waals surface area contributed by atoms with E-state index in [1.165, 1.54) is 18.7 Å². The molecule has 0 fully saturated rings. The molecule has 4 amide bonds. The number of carboxylic acid groups (broad SMARTS) is 1. The zero-order chi connectivity index (χ0) is 21.7. The molecule has 3 atom stereocenters. The molecule has 12 nitrogen and oxygen atoms in total. The van der Waals surface area contributed by atoms with Crippen molar-refractivity contribution in [2.24, 2.45) is 5.73 Å². The third kappa shape index (κ3) is 11.4. The molecule has 8 N–H and O–H groups in total. The summed E-state index contributed by atoms with van der Waals surface area (Å²) in [6, 6.07) is -2.23. The normalized spacial score (nSPS) is 13.6. The number of thioether (sulfide) groups is 1. The lowest BCUT2D eigenvalue weighted by atomic mass is 10.2. The maximum Gasteiger partial charge on any atom is 0.326 e. The standard InChI is InChI=1S/C15H27N5O7S/c1-8(21)13(16)14(25)19-6-11(23)17-5-10(22)18-7-12(24)20-9(15(26)27)3-4-28-2/h8-9,13,21H,3-7,16H2,1-2H3,(H,17,23)(H,18,22)(H,19,25)(H,20,24)(H,26,27)/t8-,9+,13+/m1/s1. The molecule has 0 unspecified atom stereocenters. The van der Waals surface area contributed by atoms with Gasteiger partial charge < -0.3 is 37.2 Å². The molecule has 0 saturated heterocycles. The molecule has 0 aliphatic rings. The van der Waals surface area contributed by atoms with E-state index in [1.807, 2.05) is 6.26 Å². The Kier molecular flexibility index (Phi) is 12.6. The SMILES string of the molecule is CSCC[C@H](NC(=O)CNC(=O)CNC(=O)CNC(=O)[C@@H](N)[C@@H](C)O)C(=O)O. The summed E-state index contributed by atoms with van der Waals surface area (Å²) in [4.78, 5) is 57.4. The Morgan fingerprint density at radius 2 is 1.46 bits per heavy atom. The van der Waals surface area contributed by atoms with Crippen molar-refractivity contribution >= 4 is 41.4 Å². The predicted molar refractivity (Wildman–Crippen MR) is 101 cm³/mol. The molecule has 0 aliphatic heterocycles. The lowest BCUT2D eigenvalue weighted by Gasteiger charge is -2.15. The topological polar surface area (TPSA) is 200 Å². The number of aliphatic hydroxyl groups excluding tert-OH is 1. The zero-order valence-corrected chi connectivity index (χ0v) is 16.5. The van der Waals surface area contributed by atoms with E-state index < -0.39 is 67.4 Å². The molecule has 0 saturated carbocycles. The van der Waals surface area contributed by atoms with Gasteiger partial charge in [0.15, 0.2) is 0 Å². The number of aliphatic carboxylic acids is 1. The number of rotatable bonds is 13. The van der Waals surface area contributed by atoms with Gasteiger partial charge in [-0.1, -0.05) is 0 Å². The summed E-state index contributed by atoms with van der Waals surface area (Å²) in [6.45, 7) is -0.00794. The van der Waals surface area contributed by atoms with Crippen molar-refractivity contribution in [1.29, 1.82) is 0 Å². The van der Waals surface area contributed by atoms with Gasteiger partial charge in [-0.15, -0.1) is 0 Å². The van der Waals surface area contributed by atoms with Crippen molar-refractivity contribution < 1.29 is 34.2 Å². The number of amides is 4. The second-order valence-electron chi connectivity index (χ2n) is 5.78. The van der Waals surface area contributed by atoms with Crippen molar-refractivity contribution in [3.8, 4) is 0 Å². The molecule has 0 rings (SSSR count). The van der Waals surface area contributed by atoms with Crippen LogP contribution in [-0.2, 0) is 24.0 Å². The first kappa shape index (κ1) is 25.6. The van der Waals surface area contributed by atoms with Crippen LogP contribution in [0.4, 0.5) is 0 Å². The first-order chi connectivity index (χ1) is 13.1. The van der Waals surface area contributed by atoms with E-state index in [4.69, 9.17) is 15.9 Å². The molecule has 0 heterocycles. The van der Waals surface area contributed by atoms with E-state index in [1.54, 1.807) is 0 Å². The minimum atomic E-state index is -1.18. The molecule has 0 aromatic heterocycles. The Bertz CT molecular complexity index is 573. The van der Waals surface area contributed by atoms with Crippen LogP contribution in [0, 0.1) is 0 Å². The Morgan fingerprint density at radius 1 is 0.964 bits per heavy atom. The van der Waals surface area contributed by atoms with Gasteiger partial charge in [0.25, 0.3) is 0 Å².